The Kier molecular flexibility index (Phi) is 9.90. The molecule has 0 spiro atoms. The molecule has 1 aromatic carbocycles. The van der Waals surface area contributed by atoms with Gasteiger partial charge in [0, 0.05) is 57.4 Å². The first-order chi connectivity index (χ1) is 11.7. The minimum absolute atomic E-state index is 0. The zero-order valence-corrected chi connectivity index (χ0v) is 17.5. The summed E-state index contributed by atoms with van der Waals surface area (Å²) in [6.07, 6.45) is 2.09. The van der Waals surface area contributed by atoms with Crippen molar-refractivity contribution in [3.8, 4) is 0 Å². The number of rotatable bonds is 4. The smallest absolute Gasteiger partial charge is 0.253 e. The van der Waals surface area contributed by atoms with Gasteiger partial charge in [-0.2, -0.15) is 0 Å². The lowest BCUT2D eigenvalue weighted by molar-refractivity contribution is 0.0707. The van der Waals surface area contributed by atoms with Crippen molar-refractivity contribution >= 4 is 30.7 Å². The second kappa shape index (κ2) is 11.1. The average molecular weight is 403 g/mol. The summed E-state index contributed by atoms with van der Waals surface area (Å²) in [6, 6.07) is 8.77. The van der Waals surface area contributed by atoms with E-state index in [2.05, 4.69) is 34.3 Å². The summed E-state index contributed by atoms with van der Waals surface area (Å²) in [5.74, 6) is 0.185. The minimum atomic E-state index is 0. The molecule has 0 unspecified atom stereocenters. The molecular formula is C19H32Cl2N4O. The molecule has 0 saturated carbocycles. The van der Waals surface area contributed by atoms with Crippen molar-refractivity contribution in [3.05, 3.63) is 35.4 Å². The van der Waals surface area contributed by atoms with E-state index < -0.39 is 0 Å². The van der Waals surface area contributed by atoms with Crippen LogP contribution in [0.5, 0.6) is 0 Å². The molecule has 2 saturated heterocycles. The molecule has 148 valence electrons. The zero-order valence-electron chi connectivity index (χ0n) is 15.8. The first kappa shape index (κ1) is 23.2. The van der Waals surface area contributed by atoms with E-state index in [1.54, 1.807) is 0 Å². The quantitative estimate of drug-likeness (QED) is 0.836. The van der Waals surface area contributed by atoms with Crippen LogP contribution in [0.4, 0.5) is 0 Å². The highest BCUT2D eigenvalue weighted by Crippen LogP contribution is 2.16. The van der Waals surface area contributed by atoms with Gasteiger partial charge in [-0.25, -0.2) is 0 Å². The Labute approximate surface area is 169 Å². The van der Waals surface area contributed by atoms with Crippen LogP contribution in [-0.4, -0.2) is 80.0 Å². The van der Waals surface area contributed by atoms with Crippen LogP contribution in [0.15, 0.2) is 24.3 Å². The van der Waals surface area contributed by atoms with Crippen LogP contribution in [0.25, 0.3) is 0 Å². The van der Waals surface area contributed by atoms with Gasteiger partial charge in [-0.05, 0) is 44.6 Å². The highest BCUT2D eigenvalue weighted by Gasteiger charge is 2.23. The molecule has 2 heterocycles. The Morgan fingerprint density at radius 3 is 2.35 bits per heavy atom. The molecule has 5 nitrogen and oxygen atoms in total. The number of amides is 1. The third-order valence-corrected chi connectivity index (χ3v) is 5.37. The van der Waals surface area contributed by atoms with E-state index >= 15 is 0 Å². The number of halogens is 2. The molecule has 2 aliphatic rings. The first-order valence-corrected chi connectivity index (χ1v) is 9.12. The van der Waals surface area contributed by atoms with Crippen LogP contribution in [0.1, 0.15) is 28.8 Å². The predicted molar refractivity (Wildman–Crippen MR) is 112 cm³/mol. The zero-order chi connectivity index (χ0) is 16.9. The summed E-state index contributed by atoms with van der Waals surface area (Å²) in [6.45, 7) is 7.10. The van der Waals surface area contributed by atoms with Gasteiger partial charge in [0.15, 0.2) is 0 Å². The molecule has 7 heteroatoms. The van der Waals surface area contributed by atoms with Crippen LogP contribution in [0.3, 0.4) is 0 Å². The monoisotopic (exact) mass is 402 g/mol. The maximum Gasteiger partial charge on any atom is 0.253 e. The maximum absolute atomic E-state index is 12.8. The second-order valence-corrected chi connectivity index (χ2v) is 7.13. The van der Waals surface area contributed by atoms with Gasteiger partial charge in [0.2, 0.25) is 0 Å². The number of carbonyl (C=O) groups excluding carboxylic acids is 1. The fourth-order valence-corrected chi connectivity index (χ4v) is 3.62. The number of nitrogens with zero attached hydrogens (tertiary/aromatic N) is 3. The molecule has 1 N–H and O–H groups in total. The van der Waals surface area contributed by atoms with Crippen molar-refractivity contribution in [1.82, 2.24) is 20.0 Å². The number of hydrogen-bond donors (Lipinski definition) is 1. The maximum atomic E-state index is 12.8. The summed E-state index contributed by atoms with van der Waals surface area (Å²) in [7, 11) is 4.18. The fourth-order valence-electron chi connectivity index (χ4n) is 3.62. The molecule has 26 heavy (non-hydrogen) atoms. The van der Waals surface area contributed by atoms with Crippen molar-refractivity contribution < 1.29 is 4.79 Å². The van der Waals surface area contributed by atoms with Crippen molar-refractivity contribution in [2.75, 3.05) is 53.4 Å². The Morgan fingerprint density at radius 1 is 1.08 bits per heavy atom. The van der Waals surface area contributed by atoms with Gasteiger partial charge in [0.1, 0.15) is 0 Å². The van der Waals surface area contributed by atoms with E-state index in [1.807, 2.05) is 24.1 Å². The Balaban J connectivity index is 0.00000169. The van der Waals surface area contributed by atoms with E-state index in [-0.39, 0.29) is 30.7 Å². The molecule has 2 fully saturated rings. The molecule has 2 aliphatic heterocycles. The number of hydrogen-bond acceptors (Lipinski definition) is 4. The number of likely N-dealkylation sites (N-methyl/N-ethyl adjacent to an activating group) is 1. The highest BCUT2D eigenvalue weighted by molar-refractivity contribution is 5.94. The van der Waals surface area contributed by atoms with Gasteiger partial charge < -0.3 is 15.1 Å². The number of nitrogens with one attached hydrogen (secondary N) is 1. The van der Waals surface area contributed by atoms with Crippen molar-refractivity contribution in [3.63, 3.8) is 0 Å². The lowest BCUT2D eigenvalue weighted by Crippen LogP contribution is -2.44. The normalized spacial score (nSPS) is 19.5. The van der Waals surface area contributed by atoms with E-state index in [0.29, 0.717) is 6.04 Å². The third kappa shape index (κ3) is 6.10. The van der Waals surface area contributed by atoms with Gasteiger partial charge in [-0.1, -0.05) is 12.1 Å². The lowest BCUT2D eigenvalue weighted by Gasteiger charge is -2.33. The predicted octanol–water partition coefficient (Wildman–Crippen LogP) is 2.10. The second-order valence-electron chi connectivity index (χ2n) is 7.13. The van der Waals surface area contributed by atoms with E-state index in [9.17, 15) is 4.79 Å². The van der Waals surface area contributed by atoms with Crippen LogP contribution >= 0.6 is 24.8 Å². The molecule has 0 radical (unpaired) electrons. The van der Waals surface area contributed by atoms with Crippen LogP contribution in [0, 0.1) is 0 Å². The van der Waals surface area contributed by atoms with E-state index in [4.69, 9.17) is 0 Å². The Bertz CT molecular complexity index is 556. The van der Waals surface area contributed by atoms with Gasteiger partial charge >= 0.3 is 0 Å². The highest BCUT2D eigenvalue weighted by atomic mass is 35.5. The molecule has 1 aromatic rings. The molecule has 0 aliphatic carbocycles. The number of likely N-dealkylation sites (tertiary alicyclic amines) is 1. The third-order valence-electron chi connectivity index (χ3n) is 5.37. The number of benzene rings is 1. The first-order valence-electron chi connectivity index (χ1n) is 9.12. The molecule has 1 amide bonds. The van der Waals surface area contributed by atoms with Crippen LogP contribution in [0.2, 0.25) is 0 Å². The number of carbonyl (C=O) groups is 1. The molecular weight excluding hydrogens is 371 g/mol. The SMILES string of the molecule is CNC1CCN(C(=O)c2cccc(CN3CCN(C)CC3)c2)CC1.Cl.Cl. The van der Waals surface area contributed by atoms with Gasteiger partial charge in [-0.3, -0.25) is 9.69 Å². The van der Waals surface area contributed by atoms with Crippen molar-refractivity contribution in [2.45, 2.75) is 25.4 Å². The van der Waals surface area contributed by atoms with Crippen LogP contribution < -0.4 is 5.32 Å². The molecule has 3 rings (SSSR count). The van der Waals surface area contributed by atoms with Gasteiger partial charge in [0.25, 0.3) is 5.91 Å². The summed E-state index contributed by atoms with van der Waals surface area (Å²) < 4.78 is 0. The average Bonchev–Trinajstić information content (AvgIpc) is 2.63. The standard InChI is InChI=1S/C19H30N4O.2ClH/c1-20-18-6-8-23(9-7-18)19(24)17-5-3-4-16(14-17)15-22-12-10-21(2)11-13-22;;/h3-5,14,18,20H,6-13,15H2,1-2H3;2*1H. The van der Waals surface area contributed by atoms with Gasteiger partial charge in [-0.15, -0.1) is 24.8 Å². The number of piperazine rings is 1. The van der Waals surface area contributed by atoms with E-state index in [0.717, 1.165) is 64.2 Å². The topological polar surface area (TPSA) is 38.8 Å². The summed E-state index contributed by atoms with van der Waals surface area (Å²) in [5.41, 5.74) is 2.08. The van der Waals surface area contributed by atoms with Gasteiger partial charge in [0.05, 0.1) is 0 Å². The molecule has 0 bridgehead atoms. The summed E-state index contributed by atoms with van der Waals surface area (Å²) in [4.78, 5) is 19.6. The van der Waals surface area contributed by atoms with Crippen molar-refractivity contribution in [2.24, 2.45) is 0 Å². The molecule has 0 atom stereocenters. The Morgan fingerprint density at radius 2 is 1.73 bits per heavy atom. The fraction of sp³-hybridized carbons (Fsp3) is 0.632. The largest absolute Gasteiger partial charge is 0.339 e. The van der Waals surface area contributed by atoms with Crippen molar-refractivity contribution in [1.29, 1.82) is 0 Å². The van der Waals surface area contributed by atoms with Crippen LogP contribution in [-0.2, 0) is 6.54 Å². The minimum Gasteiger partial charge on any atom is -0.339 e. The summed E-state index contributed by atoms with van der Waals surface area (Å²) >= 11 is 0. The lowest BCUT2D eigenvalue weighted by atomic mass is 10.0. The Hall–Kier alpha value is -0.850. The summed E-state index contributed by atoms with van der Waals surface area (Å²) in [5, 5.41) is 3.31. The number of piperidine rings is 1. The molecule has 0 aromatic heterocycles. The van der Waals surface area contributed by atoms with E-state index in [1.165, 1.54) is 5.56 Å².